The first-order chi connectivity index (χ1) is 6.79. The van der Waals surface area contributed by atoms with Crippen molar-refractivity contribution in [2.45, 2.75) is 38.3 Å². The molecule has 0 saturated carbocycles. The second-order valence-electron chi connectivity index (χ2n) is 4.71. The third kappa shape index (κ3) is 2.27. The lowest BCUT2D eigenvalue weighted by atomic mass is 10.0. The molecule has 0 bridgehead atoms. The highest BCUT2D eigenvalue weighted by Gasteiger charge is 2.28. The molecule has 82 valence electrons. The fourth-order valence-corrected chi connectivity index (χ4v) is 2.75. The second-order valence-corrected chi connectivity index (χ2v) is 4.71. The molecule has 2 aliphatic rings. The number of nitrogens with two attached hydrogens (primary N) is 1. The van der Waals surface area contributed by atoms with Gasteiger partial charge in [-0.2, -0.15) is 0 Å². The van der Waals surface area contributed by atoms with Crippen molar-refractivity contribution in [3.05, 3.63) is 0 Å². The molecule has 0 aliphatic carbocycles. The fraction of sp³-hybridized carbons (Fsp3) is 1.00. The van der Waals surface area contributed by atoms with Gasteiger partial charge in [0, 0.05) is 25.2 Å². The van der Waals surface area contributed by atoms with Crippen molar-refractivity contribution in [3.63, 3.8) is 0 Å². The molecule has 0 spiro atoms. The maximum Gasteiger partial charge on any atom is 0.0180 e. The molecule has 1 atom stereocenters. The van der Waals surface area contributed by atoms with Crippen LogP contribution in [0.2, 0.25) is 0 Å². The lowest BCUT2D eigenvalue weighted by Gasteiger charge is -2.36. The third-order valence-corrected chi connectivity index (χ3v) is 3.78. The van der Waals surface area contributed by atoms with E-state index in [1.165, 1.54) is 45.4 Å². The van der Waals surface area contributed by atoms with Crippen LogP contribution in [0.1, 0.15) is 26.2 Å². The van der Waals surface area contributed by atoms with E-state index in [4.69, 9.17) is 5.73 Å². The minimum Gasteiger partial charge on any atom is -0.326 e. The van der Waals surface area contributed by atoms with E-state index in [0.717, 1.165) is 12.6 Å². The van der Waals surface area contributed by atoms with Crippen molar-refractivity contribution in [1.29, 1.82) is 0 Å². The van der Waals surface area contributed by atoms with Crippen LogP contribution in [0, 0.1) is 0 Å². The topological polar surface area (TPSA) is 32.5 Å². The minimum atomic E-state index is 0.444. The minimum absolute atomic E-state index is 0.444. The molecule has 3 nitrogen and oxygen atoms in total. The van der Waals surface area contributed by atoms with Crippen molar-refractivity contribution < 1.29 is 0 Å². The van der Waals surface area contributed by atoms with Gasteiger partial charge in [-0.1, -0.05) is 6.92 Å². The maximum atomic E-state index is 5.93. The van der Waals surface area contributed by atoms with Gasteiger partial charge in [0.15, 0.2) is 0 Å². The van der Waals surface area contributed by atoms with Crippen LogP contribution >= 0.6 is 0 Å². The second kappa shape index (κ2) is 4.60. The molecule has 3 heteroatoms. The lowest BCUT2D eigenvalue weighted by Crippen LogP contribution is -2.44. The van der Waals surface area contributed by atoms with Crippen molar-refractivity contribution in [2.24, 2.45) is 5.73 Å². The number of hydrogen-bond donors (Lipinski definition) is 1. The summed E-state index contributed by atoms with van der Waals surface area (Å²) >= 11 is 0. The van der Waals surface area contributed by atoms with Gasteiger partial charge in [-0.25, -0.2) is 0 Å². The zero-order valence-electron chi connectivity index (χ0n) is 9.28. The maximum absolute atomic E-state index is 5.93. The summed E-state index contributed by atoms with van der Waals surface area (Å²) < 4.78 is 0. The zero-order chi connectivity index (χ0) is 9.97. The Morgan fingerprint density at radius 3 is 2.36 bits per heavy atom. The van der Waals surface area contributed by atoms with Crippen LogP contribution in [0.4, 0.5) is 0 Å². The van der Waals surface area contributed by atoms with E-state index in [1.54, 1.807) is 0 Å². The summed E-state index contributed by atoms with van der Waals surface area (Å²) in [6.07, 6.45) is 3.90. The molecule has 0 aromatic carbocycles. The van der Waals surface area contributed by atoms with Crippen LogP contribution in [0.5, 0.6) is 0 Å². The summed E-state index contributed by atoms with van der Waals surface area (Å²) in [5.41, 5.74) is 5.93. The highest BCUT2D eigenvalue weighted by atomic mass is 15.2. The van der Waals surface area contributed by atoms with Crippen molar-refractivity contribution in [1.82, 2.24) is 9.80 Å². The summed E-state index contributed by atoms with van der Waals surface area (Å²) in [5.74, 6) is 0. The van der Waals surface area contributed by atoms with E-state index < -0.39 is 0 Å². The smallest absolute Gasteiger partial charge is 0.0180 e. The predicted octanol–water partition coefficient (Wildman–Crippen LogP) is 0.504. The van der Waals surface area contributed by atoms with E-state index in [1.807, 2.05) is 0 Å². The Labute approximate surface area is 87.2 Å². The molecule has 0 aromatic heterocycles. The molecule has 2 aliphatic heterocycles. The van der Waals surface area contributed by atoms with E-state index in [0.29, 0.717) is 6.04 Å². The predicted molar refractivity (Wildman–Crippen MR) is 59.3 cm³/mol. The Balaban J connectivity index is 1.78. The largest absolute Gasteiger partial charge is 0.326 e. The standard InChI is InChI=1S/C11H23N3/c1-2-13-6-4-11(5-7-13)14-8-3-10(12)9-14/h10-11H,2-9,12H2,1H3. The Morgan fingerprint density at radius 1 is 1.14 bits per heavy atom. The molecule has 2 saturated heterocycles. The van der Waals surface area contributed by atoms with Gasteiger partial charge >= 0.3 is 0 Å². The summed E-state index contributed by atoms with van der Waals surface area (Å²) in [7, 11) is 0. The average Bonchev–Trinajstić information content (AvgIpc) is 2.65. The number of hydrogen-bond acceptors (Lipinski definition) is 3. The zero-order valence-corrected chi connectivity index (χ0v) is 9.28. The van der Waals surface area contributed by atoms with Gasteiger partial charge in [0.2, 0.25) is 0 Å². The van der Waals surface area contributed by atoms with Gasteiger partial charge < -0.3 is 10.6 Å². The van der Waals surface area contributed by atoms with Crippen LogP contribution in [0.15, 0.2) is 0 Å². The van der Waals surface area contributed by atoms with Crippen LogP contribution in [0.25, 0.3) is 0 Å². The van der Waals surface area contributed by atoms with Gasteiger partial charge in [-0.3, -0.25) is 4.90 Å². The number of nitrogens with zero attached hydrogens (tertiary/aromatic N) is 2. The normalized spacial score (nSPS) is 32.6. The molecule has 0 amide bonds. The van der Waals surface area contributed by atoms with Gasteiger partial charge in [0.1, 0.15) is 0 Å². The van der Waals surface area contributed by atoms with Crippen molar-refractivity contribution >= 4 is 0 Å². The van der Waals surface area contributed by atoms with E-state index in [-0.39, 0.29) is 0 Å². The Kier molecular flexibility index (Phi) is 3.42. The summed E-state index contributed by atoms with van der Waals surface area (Å²) in [4.78, 5) is 5.16. The average molecular weight is 197 g/mol. The number of likely N-dealkylation sites (tertiary alicyclic amines) is 2. The summed E-state index contributed by atoms with van der Waals surface area (Å²) in [6, 6.07) is 1.27. The van der Waals surface area contributed by atoms with Crippen LogP contribution in [-0.2, 0) is 0 Å². The molecule has 14 heavy (non-hydrogen) atoms. The van der Waals surface area contributed by atoms with Crippen LogP contribution in [0.3, 0.4) is 0 Å². The molecule has 2 heterocycles. The molecule has 2 N–H and O–H groups in total. The molecule has 2 rings (SSSR count). The number of piperidine rings is 1. The van der Waals surface area contributed by atoms with Gasteiger partial charge in [-0.05, 0) is 38.9 Å². The van der Waals surface area contributed by atoms with Crippen molar-refractivity contribution in [3.8, 4) is 0 Å². The first kappa shape index (κ1) is 10.4. The van der Waals surface area contributed by atoms with E-state index in [2.05, 4.69) is 16.7 Å². The van der Waals surface area contributed by atoms with Crippen molar-refractivity contribution in [2.75, 3.05) is 32.7 Å². The SMILES string of the molecule is CCN1CCC(N2CCC(N)C2)CC1. The molecular formula is C11H23N3. The monoisotopic (exact) mass is 197 g/mol. The number of rotatable bonds is 2. The first-order valence-corrected chi connectivity index (χ1v) is 6.01. The quantitative estimate of drug-likeness (QED) is 0.700. The van der Waals surface area contributed by atoms with E-state index in [9.17, 15) is 0 Å². The van der Waals surface area contributed by atoms with Gasteiger partial charge in [0.25, 0.3) is 0 Å². The molecular weight excluding hydrogens is 174 g/mol. The van der Waals surface area contributed by atoms with Crippen LogP contribution in [-0.4, -0.2) is 54.6 Å². The van der Waals surface area contributed by atoms with Gasteiger partial charge in [-0.15, -0.1) is 0 Å². The molecule has 0 radical (unpaired) electrons. The molecule has 1 unspecified atom stereocenters. The first-order valence-electron chi connectivity index (χ1n) is 6.01. The van der Waals surface area contributed by atoms with Crippen LogP contribution < -0.4 is 5.73 Å². The summed E-state index contributed by atoms with van der Waals surface area (Å²) in [5, 5.41) is 0. The van der Waals surface area contributed by atoms with Gasteiger partial charge in [0.05, 0.1) is 0 Å². The Bertz CT molecular complexity index is 175. The Hall–Kier alpha value is -0.120. The lowest BCUT2D eigenvalue weighted by molar-refractivity contribution is 0.130. The molecule has 2 fully saturated rings. The highest BCUT2D eigenvalue weighted by molar-refractivity contribution is 4.86. The summed E-state index contributed by atoms with van der Waals surface area (Å²) in [6.45, 7) is 8.41. The van der Waals surface area contributed by atoms with E-state index >= 15 is 0 Å². The highest BCUT2D eigenvalue weighted by Crippen LogP contribution is 2.20. The third-order valence-electron chi connectivity index (χ3n) is 3.78. The molecule has 0 aromatic rings. The fourth-order valence-electron chi connectivity index (χ4n) is 2.75. The Morgan fingerprint density at radius 2 is 1.86 bits per heavy atom.